The minimum atomic E-state index is -0.0175. The lowest BCUT2D eigenvalue weighted by Crippen LogP contribution is -2.36. The number of hydrogen-bond donors (Lipinski definition) is 1. The van der Waals surface area contributed by atoms with Crippen LogP contribution in [-0.2, 0) is 7.05 Å². The molecule has 1 N–H and O–H groups in total. The number of rotatable bonds is 6. The van der Waals surface area contributed by atoms with Gasteiger partial charge in [-0.15, -0.1) is 11.3 Å². The highest BCUT2D eigenvalue weighted by molar-refractivity contribution is 7.10. The predicted molar refractivity (Wildman–Crippen MR) is 115 cm³/mol. The fourth-order valence-electron chi connectivity index (χ4n) is 4.46. The predicted octanol–water partition coefficient (Wildman–Crippen LogP) is 3.78. The van der Waals surface area contributed by atoms with Crippen molar-refractivity contribution in [3.63, 3.8) is 0 Å². The van der Waals surface area contributed by atoms with E-state index in [4.69, 9.17) is 4.98 Å². The Morgan fingerprint density at radius 3 is 2.83 bits per heavy atom. The first-order valence-corrected chi connectivity index (χ1v) is 11.4. The van der Waals surface area contributed by atoms with Crippen LogP contribution >= 0.6 is 11.3 Å². The first-order valence-electron chi connectivity index (χ1n) is 10.5. The van der Waals surface area contributed by atoms with Gasteiger partial charge in [-0.3, -0.25) is 14.4 Å². The Balaban J connectivity index is 1.43. The lowest BCUT2D eigenvalue weighted by molar-refractivity contribution is 0.0940. The van der Waals surface area contributed by atoms with Crippen molar-refractivity contribution in [3.05, 3.63) is 45.4 Å². The zero-order valence-corrected chi connectivity index (χ0v) is 17.8. The molecule has 5 rings (SSSR count). The summed E-state index contributed by atoms with van der Waals surface area (Å²) in [4.78, 5) is 21.9. The van der Waals surface area contributed by atoms with Crippen molar-refractivity contribution in [2.45, 2.75) is 44.6 Å². The molecule has 152 valence electrons. The van der Waals surface area contributed by atoms with Crippen molar-refractivity contribution >= 4 is 28.3 Å². The first-order chi connectivity index (χ1) is 14.1. The zero-order valence-electron chi connectivity index (χ0n) is 17.0. The number of carbonyl (C=O) groups is 1. The average molecular weight is 410 g/mol. The van der Waals surface area contributed by atoms with Gasteiger partial charge in [-0.1, -0.05) is 6.07 Å². The minimum absolute atomic E-state index is 0.0175. The van der Waals surface area contributed by atoms with Gasteiger partial charge in [0.2, 0.25) is 0 Å². The van der Waals surface area contributed by atoms with Crippen molar-refractivity contribution in [1.82, 2.24) is 25.0 Å². The number of hydrogen-bond acceptors (Lipinski definition) is 5. The van der Waals surface area contributed by atoms with E-state index in [9.17, 15) is 4.79 Å². The van der Waals surface area contributed by atoms with Gasteiger partial charge in [0, 0.05) is 30.1 Å². The number of amides is 1. The summed E-state index contributed by atoms with van der Waals surface area (Å²) in [5.41, 5.74) is 3.41. The molecule has 29 heavy (non-hydrogen) atoms. The summed E-state index contributed by atoms with van der Waals surface area (Å²) >= 11 is 1.77. The summed E-state index contributed by atoms with van der Waals surface area (Å²) in [6.07, 6.45) is 4.79. The maximum absolute atomic E-state index is 13.3. The number of aromatic nitrogens is 3. The Hall–Kier alpha value is -2.25. The molecule has 1 saturated carbocycles. The third-order valence-electron chi connectivity index (χ3n) is 6.14. The van der Waals surface area contributed by atoms with Gasteiger partial charge in [-0.05, 0) is 63.2 Å². The maximum Gasteiger partial charge on any atom is 0.252 e. The highest BCUT2D eigenvalue weighted by Gasteiger charge is 2.29. The SMILES string of the molecule is Cc1nn(C)c2nc(C3CC3)cc(C(=O)NC[C@H](c3cccs3)N3CCCC3)c12. The number of nitrogens with one attached hydrogen (secondary N) is 1. The van der Waals surface area contributed by atoms with Gasteiger partial charge in [0.1, 0.15) is 0 Å². The summed E-state index contributed by atoms with van der Waals surface area (Å²) in [6.45, 7) is 4.79. The summed E-state index contributed by atoms with van der Waals surface area (Å²) in [6, 6.07) is 6.52. The van der Waals surface area contributed by atoms with Gasteiger partial charge >= 0.3 is 0 Å². The zero-order chi connectivity index (χ0) is 20.0. The summed E-state index contributed by atoms with van der Waals surface area (Å²) < 4.78 is 1.80. The van der Waals surface area contributed by atoms with E-state index in [-0.39, 0.29) is 11.9 Å². The van der Waals surface area contributed by atoms with Crippen LogP contribution in [0.25, 0.3) is 11.0 Å². The Kier molecular flexibility index (Phi) is 4.87. The van der Waals surface area contributed by atoms with Crippen LogP contribution < -0.4 is 5.32 Å². The van der Waals surface area contributed by atoms with Gasteiger partial charge in [-0.2, -0.15) is 5.10 Å². The van der Waals surface area contributed by atoms with E-state index in [0.29, 0.717) is 18.0 Å². The minimum Gasteiger partial charge on any atom is -0.350 e. The van der Waals surface area contributed by atoms with Crippen LogP contribution in [0.5, 0.6) is 0 Å². The molecule has 3 aromatic rings. The standard InChI is InChI=1S/C22H27N5OS/c1-14-20-16(12-17(15-7-8-15)24-21(20)26(2)25-14)22(28)23-13-18(19-6-5-11-29-19)27-9-3-4-10-27/h5-6,11-12,15,18H,3-4,7-10,13H2,1-2H3,(H,23,28)/t18-/m1/s1. The molecular weight excluding hydrogens is 382 g/mol. The molecule has 7 heteroatoms. The molecule has 1 aliphatic heterocycles. The van der Waals surface area contributed by atoms with Gasteiger partial charge < -0.3 is 5.32 Å². The van der Waals surface area contributed by atoms with E-state index < -0.39 is 0 Å². The van der Waals surface area contributed by atoms with Crippen molar-refractivity contribution in [3.8, 4) is 0 Å². The van der Waals surface area contributed by atoms with Crippen LogP contribution in [0.3, 0.4) is 0 Å². The highest BCUT2D eigenvalue weighted by atomic mass is 32.1. The Morgan fingerprint density at radius 2 is 2.14 bits per heavy atom. The molecular formula is C22H27N5OS. The van der Waals surface area contributed by atoms with Crippen molar-refractivity contribution in [2.24, 2.45) is 7.05 Å². The first kappa shape index (κ1) is 18.8. The largest absolute Gasteiger partial charge is 0.350 e. The number of carbonyl (C=O) groups excluding carboxylic acids is 1. The third-order valence-corrected chi connectivity index (χ3v) is 7.11. The monoisotopic (exact) mass is 409 g/mol. The maximum atomic E-state index is 13.3. The van der Waals surface area contributed by atoms with E-state index in [1.807, 2.05) is 20.0 Å². The number of likely N-dealkylation sites (tertiary alicyclic amines) is 1. The molecule has 0 bridgehead atoms. The lowest BCUT2D eigenvalue weighted by Gasteiger charge is -2.27. The van der Waals surface area contributed by atoms with Crippen LogP contribution in [0, 0.1) is 6.92 Å². The number of nitrogens with zero attached hydrogens (tertiary/aromatic N) is 4. The topological polar surface area (TPSA) is 63.1 Å². The van der Waals surface area contributed by atoms with Crippen LogP contribution in [0.15, 0.2) is 23.6 Å². The summed E-state index contributed by atoms with van der Waals surface area (Å²) in [5.74, 6) is 0.473. The quantitative estimate of drug-likeness (QED) is 0.673. The molecule has 4 heterocycles. The fourth-order valence-corrected chi connectivity index (χ4v) is 5.32. The molecule has 1 atom stereocenters. The van der Waals surface area contributed by atoms with Gasteiger partial charge in [-0.25, -0.2) is 4.98 Å². The molecule has 1 amide bonds. The Bertz CT molecular complexity index is 1030. The normalized spacial score (nSPS) is 18.4. The molecule has 6 nitrogen and oxygen atoms in total. The number of fused-ring (bicyclic) bond motifs is 1. The van der Waals surface area contributed by atoms with E-state index in [2.05, 4.69) is 32.8 Å². The van der Waals surface area contributed by atoms with E-state index in [0.717, 1.165) is 48.4 Å². The van der Waals surface area contributed by atoms with Crippen LogP contribution in [-0.4, -0.2) is 45.2 Å². The molecule has 2 fully saturated rings. The molecule has 2 aliphatic rings. The summed E-state index contributed by atoms with van der Waals surface area (Å²) in [7, 11) is 1.90. The Labute approximate surface area is 174 Å². The van der Waals surface area contributed by atoms with E-state index in [1.54, 1.807) is 16.0 Å². The molecule has 0 aromatic carbocycles. The number of thiophene rings is 1. The lowest BCUT2D eigenvalue weighted by atomic mass is 10.1. The van der Waals surface area contributed by atoms with E-state index >= 15 is 0 Å². The second-order valence-electron chi connectivity index (χ2n) is 8.26. The average Bonchev–Trinajstić information content (AvgIpc) is 3.08. The smallest absolute Gasteiger partial charge is 0.252 e. The summed E-state index contributed by atoms with van der Waals surface area (Å²) in [5, 5.41) is 10.8. The highest BCUT2D eigenvalue weighted by Crippen LogP contribution is 2.40. The van der Waals surface area contributed by atoms with Crippen LogP contribution in [0.1, 0.15) is 64.3 Å². The third kappa shape index (κ3) is 3.57. The van der Waals surface area contributed by atoms with Crippen molar-refractivity contribution in [2.75, 3.05) is 19.6 Å². The second kappa shape index (κ2) is 7.54. The molecule has 0 unspecified atom stereocenters. The molecule has 3 aromatic heterocycles. The van der Waals surface area contributed by atoms with Crippen molar-refractivity contribution in [1.29, 1.82) is 0 Å². The van der Waals surface area contributed by atoms with Gasteiger partial charge in [0.25, 0.3) is 5.91 Å². The number of pyridine rings is 1. The van der Waals surface area contributed by atoms with E-state index in [1.165, 1.54) is 17.7 Å². The fraction of sp³-hybridized carbons (Fsp3) is 0.500. The molecule has 0 spiro atoms. The van der Waals surface area contributed by atoms with Crippen molar-refractivity contribution < 1.29 is 4.79 Å². The van der Waals surface area contributed by atoms with Gasteiger partial charge in [0.15, 0.2) is 5.65 Å². The second-order valence-corrected chi connectivity index (χ2v) is 9.24. The molecule has 0 radical (unpaired) electrons. The molecule has 1 aliphatic carbocycles. The molecule has 1 saturated heterocycles. The van der Waals surface area contributed by atoms with Crippen LogP contribution in [0.2, 0.25) is 0 Å². The van der Waals surface area contributed by atoms with Gasteiger partial charge in [0.05, 0.1) is 22.7 Å². The van der Waals surface area contributed by atoms with Crippen LogP contribution in [0.4, 0.5) is 0 Å². The Morgan fingerprint density at radius 1 is 1.34 bits per heavy atom. The number of aryl methyl sites for hydroxylation is 2.